The predicted octanol–water partition coefficient (Wildman–Crippen LogP) is 3.84. The molecule has 0 unspecified atom stereocenters. The minimum absolute atomic E-state index is 0.807. The Hall–Kier alpha value is -1.04. The van der Waals surface area contributed by atoms with E-state index in [1.807, 2.05) is 0 Å². The molecule has 3 aliphatic rings. The van der Waals surface area contributed by atoms with Gasteiger partial charge in [0.2, 0.25) is 0 Å². The highest BCUT2D eigenvalue weighted by Gasteiger charge is 2.52. The minimum atomic E-state index is 0.807. The van der Waals surface area contributed by atoms with Gasteiger partial charge in [0.05, 0.1) is 0 Å². The molecule has 2 bridgehead atoms. The Morgan fingerprint density at radius 3 is 2.60 bits per heavy atom. The number of hydrogen-bond donors (Lipinski definition) is 0. The summed E-state index contributed by atoms with van der Waals surface area (Å²) in [6.07, 6.45) is 4.40. The maximum Gasteiger partial charge on any atom is -0.00559 e. The first-order valence-corrected chi connectivity index (χ1v) is 6.14. The van der Waals surface area contributed by atoms with Gasteiger partial charge in [0, 0.05) is 0 Å². The smallest absolute Gasteiger partial charge is 0.00559 e. The summed E-state index contributed by atoms with van der Waals surface area (Å²) in [7, 11) is 0. The van der Waals surface area contributed by atoms with E-state index in [1.165, 1.54) is 30.4 Å². The van der Waals surface area contributed by atoms with Crippen molar-refractivity contribution in [3.05, 3.63) is 42.0 Å². The third-order valence-electron chi connectivity index (χ3n) is 4.98. The Balaban J connectivity index is 1.93. The quantitative estimate of drug-likeness (QED) is 0.591. The van der Waals surface area contributed by atoms with E-state index in [4.69, 9.17) is 0 Å². The first-order chi connectivity index (χ1) is 7.36. The van der Waals surface area contributed by atoms with E-state index in [-0.39, 0.29) is 0 Å². The fourth-order valence-electron chi connectivity index (χ4n) is 4.50. The van der Waals surface area contributed by atoms with Gasteiger partial charge in [-0.15, -0.1) is 0 Å². The van der Waals surface area contributed by atoms with Crippen LogP contribution < -0.4 is 0 Å². The Morgan fingerprint density at radius 1 is 1.00 bits per heavy atom. The van der Waals surface area contributed by atoms with Crippen molar-refractivity contribution in [2.75, 3.05) is 0 Å². The highest BCUT2D eigenvalue weighted by molar-refractivity contribution is 5.75. The lowest BCUT2D eigenvalue weighted by Crippen LogP contribution is -2.15. The molecule has 1 aromatic rings. The van der Waals surface area contributed by atoms with Crippen LogP contribution in [0.2, 0.25) is 0 Å². The van der Waals surface area contributed by atoms with Crippen LogP contribution in [0.4, 0.5) is 0 Å². The van der Waals surface area contributed by atoms with Crippen molar-refractivity contribution in [2.45, 2.75) is 25.2 Å². The van der Waals surface area contributed by atoms with Gasteiger partial charge in [-0.25, -0.2) is 0 Å². The fourth-order valence-corrected chi connectivity index (χ4v) is 4.50. The monoisotopic (exact) mass is 196 g/mol. The maximum absolute atomic E-state index is 4.36. The third kappa shape index (κ3) is 0.844. The lowest BCUT2D eigenvalue weighted by Gasteiger charge is -2.25. The zero-order valence-electron chi connectivity index (χ0n) is 8.95. The average Bonchev–Trinajstić information content (AvgIpc) is 2.92. The largest absolute Gasteiger partial charge is 0.0949 e. The molecule has 0 saturated heterocycles. The number of rotatable bonds is 0. The van der Waals surface area contributed by atoms with Gasteiger partial charge in [-0.3, -0.25) is 0 Å². The molecule has 0 nitrogen and oxygen atoms in total. The molecule has 3 aliphatic carbocycles. The van der Waals surface area contributed by atoms with Crippen LogP contribution in [0.5, 0.6) is 0 Å². The van der Waals surface area contributed by atoms with Crippen LogP contribution in [-0.2, 0) is 0 Å². The molecule has 76 valence electrons. The van der Waals surface area contributed by atoms with Crippen molar-refractivity contribution < 1.29 is 0 Å². The van der Waals surface area contributed by atoms with Crippen LogP contribution in [0.1, 0.15) is 36.3 Å². The highest BCUT2D eigenvalue weighted by atomic mass is 14.6. The fraction of sp³-hybridized carbons (Fsp3) is 0.467. The molecular formula is C15H16. The van der Waals surface area contributed by atoms with E-state index in [2.05, 4.69) is 30.8 Å². The summed E-state index contributed by atoms with van der Waals surface area (Å²) in [6.45, 7) is 4.36. The molecule has 2 fully saturated rings. The van der Waals surface area contributed by atoms with Gasteiger partial charge in [0.15, 0.2) is 0 Å². The first-order valence-electron chi connectivity index (χ1n) is 6.14. The number of allylic oxidation sites excluding steroid dienone is 1. The summed E-state index contributed by atoms with van der Waals surface area (Å²) >= 11 is 0. The zero-order valence-corrected chi connectivity index (χ0v) is 8.95. The molecule has 0 N–H and O–H groups in total. The van der Waals surface area contributed by atoms with Crippen molar-refractivity contribution in [1.82, 2.24) is 0 Å². The lowest BCUT2D eigenvalue weighted by atomic mass is 9.79. The van der Waals surface area contributed by atoms with E-state index < -0.39 is 0 Å². The second-order valence-electron chi connectivity index (χ2n) is 5.50. The molecule has 4 atom stereocenters. The van der Waals surface area contributed by atoms with Gasteiger partial charge in [-0.05, 0) is 59.6 Å². The molecule has 15 heavy (non-hydrogen) atoms. The van der Waals surface area contributed by atoms with Crippen LogP contribution in [0.25, 0.3) is 5.57 Å². The Morgan fingerprint density at radius 2 is 1.73 bits per heavy atom. The molecule has 0 aromatic heterocycles. The molecule has 0 heteroatoms. The van der Waals surface area contributed by atoms with Crippen molar-refractivity contribution in [2.24, 2.45) is 17.8 Å². The van der Waals surface area contributed by atoms with E-state index in [0.717, 1.165) is 23.7 Å². The number of fused-ring (bicyclic) bond motifs is 7. The molecule has 2 saturated carbocycles. The Labute approximate surface area is 91.0 Å². The first kappa shape index (κ1) is 8.15. The van der Waals surface area contributed by atoms with Crippen molar-refractivity contribution in [3.63, 3.8) is 0 Å². The van der Waals surface area contributed by atoms with Crippen LogP contribution in [0, 0.1) is 17.8 Å². The molecule has 0 aliphatic heterocycles. The number of hydrogen-bond acceptors (Lipinski definition) is 0. The molecule has 1 aromatic carbocycles. The Kier molecular flexibility index (Phi) is 1.39. The van der Waals surface area contributed by atoms with Crippen LogP contribution in [0.3, 0.4) is 0 Å². The van der Waals surface area contributed by atoms with Crippen LogP contribution in [-0.4, -0.2) is 0 Å². The minimum Gasteiger partial charge on any atom is -0.0949 e. The van der Waals surface area contributed by atoms with Gasteiger partial charge in [-0.2, -0.15) is 0 Å². The van der Waals surface area contributed by atoms with Gasteiger partial charge >= 0.3 is 0 Å². The van der Waals surface area contributed by atoms with Gasteiger partial charge in [0.25, 0.3) is 0 Å². The summed E-state index contributed by atoms with van der Waals surface area (Å²) in [6, 6.07) is 8.97. The predicted molar refractivity (Wildman–Crippen MR) is 62.5 cm³/mol. The molecule has 0 amide bonds. The molecular weight excluding hydrogens is 180 g/mol. The van der Waals surface area contributed by atoms with Crippen molar-refractivity contribution >= 4 is 5.57 Å². The SMILES string of the molecule is C=C1c2ccccc2[C@H]2[C@@H]3CC[C@@H](C3)[C@@H]12. The van der Waals surface area contributed by atoms with Gasteiger partial charge < -0.3 is 0 Å². The average molecular weight is 196 g/mol. The molecule has 0 radical (unpaired) electrons. The Bertz CT molecular complexity index is 443. The highest BCUT2D eigenvalue weighted by Crippen LogP contribution is 2.64. The molecule has 0 heterocycles. The maximum atomic E-state index is 4.36. The second-order valence-corrected chi connectivity index (χ2v) is 5.50. The lowest BCUT2D eigenvalue weighted by molar-refractivity contribution is 0.365. The van der Waals surface area contributed by atoms with Crippen molar-refractivity contribution in [1.29, 1.82) is 0 Å². The normalized spacial score (nSPS) is 40.7. The topological polar surface area (TPSA) is 0 Å². The standard InChI is InChI=1S/C15H16/c1-9-12-4-2-3-5-13(12)15-11-7-6-10(8-11)14(9)15/h2-5,10-11,14-15H,1,6-8H2/t10-,11+,14+,15+/m0/s1. The summed E-state index contributed by atoms with van der Waals surface area (Å²) < 4.78 is 0. The van der Waals surface area contributed by atoms with E-state index in [9.17, 15) is 0 Å². The number of benzene rings is 1. The van der Waals surface area contributed by atoms with E-state index >= 15 is 0 Å². The van der Waals surface area contributed by atoms with Crippen molar-refractivity contribution in [3.8, 4) is 0 Å². The third-order valence-corrected chi connectivity index (χ3v) is 4.98. The zero-order chi connectivity index (χ0) is 9.99. The summed E-state index contributed by atoms with van der Waals surface area (Å²) in [5, 5.41) is 0. The van der Waals surface area contributed by atoms with Crippen LogP contribution in [0.15, 0.2) is 30.8 Å². The van der Waals surface area contributed by atoms with Gasteiger partial charge in [0.1, 0.15) is 0 Å². The van der Waals surface area contributed by atoms with Gasteiger partial charge in [-0.1, -0.05) is 30.8 Å². The molecule has 0 spiro atoms. The van der Waals surface area contributed by atoms with E-state index in [0.29, 0.717) is 0 Å². The van der Waals surface area contributed by atoms with E-state index in [1.54, 1.807) is 5.56 Å². The summed E-state index contributed by atoms with van der Waals surface area (Å²) in [5.41, 5.74) is 4.53. The van der Waals surface area contributed by atoms with Crippen LogP contribution >= 0.6 is 0 Å². The summed E-state index contributed by atoms with van der Waals surface area (Å²) in [4.78, 5) is 0. The summed E-state index contributed by atoms with van der Waals surface area (Å²) in [5.74, 6) is 3.58. The molecule has 4 rings (SSSR count). The second kappa shape index (κ2) is 2.55.